The van der Waals surface area contributed by atoms with Gasteiger partial charge in [0.1, 0.15) is 5.69 Å². The number of hydrogen-bond acceptors (Lipinski definition) is 4. The summed E-state index contributed by atoms with van der Waals surface area (Å²) in [5, 5.41) is 2.87. The number of thiazole rings is 1. The Morgan fingerprint density at radius 1 is 1.38 bits per heavy atom. The lowest BCUT2D eigenvalue weighted by atomic mass is 10.1. The predicted molar refractivity (Wildman–Crippen MR) is 108 cm³/mol. The summed E-state index contributed by atoms with van der Waals surface area (Å²) in [5.74, 6) is 5.52. The summed E-state index contributed by atoms with van der Waals surface area (Å²) in [6, 6.07) is 1.74. The van der Waals surface area contributed by atoms with Gasteiger partial charge in [0.05, 0.1) is 10.7 Å². The molecule has 0 N–H and O–H groups in total. The Morgan fingerprint density at radius 2 is 2.19 bits per heavy atom. The Hall–Kier alpha value is -2.71. The van der Waals surface area contributed by atoms with Crippen LogP contribution >= 0.6 is 11.3 Å². The first kappa shape index (κ1) is 19.6. The van der Waals surface area contributed by atoms with Crippen LogP contribution in [0.25, 0.3) is 0 Å². The number of pyridine rings is 1. The van der Waals surface area contributed by atoms with Gasteiger partial charge in [-0.05, 0) is 37.8 Å². The maximum absolute atomic E-state index is 14.3. The van der Waals surface area contributed by atoms with Gasteiger partial charge in [-0.1, -0.05) is 37.3 Å². The van der Waals surface area contributed by atoms with E-state index in [1.807, 2.05) is 30.2 Å². The third kappa shape index (κ3) is 5.40. The first-order valence-electron chi connectivity index (χ1n) is 8.36. The minimum atomic E-state index is -0.491. The van der Waals surface area contributed by atoms with E-state index in [9.17, 15) is 4.39 Å². The molecule has 0 amide bonds. The second kappa shape index (κ2) is 9.69. The van der Waals surface area contributed by atoms with Gasteiger partial charge in [0.2, 0.25) is 5.95 Å². The first-order valence-corrected chi connectivity index (χ1v) is 9.24. The predicted octanol–water partition coefficient (Wildman–Crippen LogP) is 4.90. The molecule has 0 unspecified atom stereocenters. The number of anilines is 1. The summed E-state index contributed by atoms with van der Waals surface area (Å²) in [7, 11) is 0. The monoisotopic (exact) mass is 367 g/mol. The van der Waals surface area contributed by atoms with Crippen LogP contribution in [-0.4, -0.2) is 23.1 Å². The largest absolute Gasteiger partial charge is 0.368 e. The normalized spacial score (nSPS) is 10.8. The molecule has 5 heteroatoms. The van der Waals surface area contributed by atoms with Crippen LogP contribution in [0.2, 0.25) is 0 Å². The lowest BCUT2D eigenvalue weighted by Gasteiger charge is -2.23. The number of nitrogens with zero attached hydrogens (tertiary/aromatic N) is 3. The van der Waals surface area contributed by atoms with E-state index in [4.69, 9.17) is 0 Å². The van der Waals surface area contributed by atoms with E-state index >= 15 is 0 Å². The Bertz CT molecular complexity index is 871. The molecule has 26 heavy (non-hydrogen) atoms. The molecule has 0 aliphatic rings. The number of aryl methyl sites for hydroxylation is 1. The highest BCUT2D eigenvalue weighted by molar-refractivity contribution is 7.09. The van der Waals surface area contributed by atoms with Crippen LogP contribution in [0.4, 0.5) is 10.1 Å². The summed E-state index contributed by atoms with van der Waals surface area (Å²) < 4.78 is 14.3. The van der Waals surface area contributed by atoms with Gasteiger partial charge in [-0.15, -0.1) is 11.3 Å². The second-order valence-corrected chi connectivity index (χ2v) is 6.61. The first-order chi connectivity index (χ1) is 12.6. The van der Waals surface area contributed by atoms with Gasteiger partial charge < -0.3 is 4.90 Å². The van der Waals surface area contributed by atoms with Crippen molar-refractivity contribution in [3.8, 4) is 11.8 Å². The molecule has 0 aliphatic heterocycles. The molecule has 0 saturated carbocycles. The number of rotatable bonds is 7. The molecule has 2 aromatic rings. The summed E-state index contributed by atoms with van der Waals surface area (Å²) >= 11 is 1.55. The molecule has 134 valence electrons. The Balaban J connectivity index is 2.21. The van der Waals surface area contributed by atoms with Crippen molar-refractivity contribution in [2.75, 3.05) is 18.0 Å². The highest BCUT2D eigenvalue weighted by Gasteiger charge is 2.12. The van der Waals surface area contributed by atoms with Crippen LogP contribution in [0.1, 0.15) is 29.6 Å². The van der Waals surface area contributed by atoms with Crippen molar-refractivity contribution in [2.45, 2.75) is 20.3 Å². The van der Waals surface area contributed by atoms with E-state index in [1.165, 1.54) is 6.20 Å². The summed E-state index contributed by atoms with van der Waals surface area (Å²) in [6.07, 6.45) is 7.63. The zero-order chi connectivity index (χ0) is 18.9. The van der Waals surface area contributed by atoms with Crippen LogP contribution in [0, 0.1) is 24.7 Å². The van der Waals surface area contributed by atoms with E-state index in [0.29, 0.717) is 24.3 Å². The molecule has 0 aromatic carbocycles. The number of halogens is 1. The van der Waals surface area contributed by atoms with Crippen molar-refractivity contribution in [1.82, 2.24) is 9.97 Å². The van der Waals surface area contributed by atoms with E-state index < -0.39 is 5.95 Å². The fourth-order valence-corrected chi connectivity index (χ4v) is 2.95. The third-order valence-electron chi connectivity index (χ3n) is 3.76. The van der Waals surface area contributed by atoms with Gasteiger partial charge in [-0.25, -0.2) is 9.97 Å². The molecule has 3 nitrogen and oxygen atoms in total. The molecular weight excluding hydrogens is 345 g/mol. The van der Waals surface area contributed by atoms with Crippen LogP contribution in [0.15, 0.2) is 54.6 Å². The lowest BCUT2D eigenvalue weighted by molar-refractivity contribution is 0.576. The highest BCUT2D eigenvalue weighted by atomic mass is 32.1. The zero-order valence-corrected chi connectivity index (χ0v) is 15.9. The highest BCUT2D eigenvalue weighted by Crippen LogP contribution is 2.20. The van der Waals surface area contributed by atoms with E-state index in [1.54, 1.807) is 29.6 Å². The van der Waals surface area contributed by atoms with E-state index in [2.05, 4.69) is 35.0 Å². The number of aromatic nitrogens is 2. The van der Waals surface area contributed by atoms with Crippen LogP contribution in [0.5, 0.6) is 0 Å². The average Bonchev–Trinajstić information content (AvgIpc) is 3.06. The maximum Gasteiger partial charge on any atom is 0.236 e. The SMILES string of the molecule is C=C/C=C(\C=C)CCN(CC)c1cc(C#Cc2csc(C)n2)cnc1F. The fourth-order valence-electron chi connectivity index (χ4n) is 2.40. The van der Waals surface area contributed by atoms with Gasteiger partial charge in [0.25, 0.3) is 0 Å². The minimum absolute atomic E-state index is 0.454. The van der Waals surface area contributed by atoms with Crippen molar-refractivity contribution in [2.24, 2.45) is 0 Å². The molecule has 0 radical (unpaired) electrons. The Morgan fingerprint density at radius 3 is 2.81 bits per heavy atom. The van der Waals surface area contributed by atoms with E-state index in [-0.39, 0.29) is 0 Å². The summed E-state index contributed by atoms with van der Waals surface area (Å²) in [4.78, 5) is 10.1. The quantitative estimate of drug-likeness (QED) is 0.396. The molecule has 0 atom stereocenters. The third-order valence-corrected chi connectivity index (χ3v) is 4.53. The van der Waals surface area contributed by atoms with Crippen molar-refractivity contribution in [1.29, 1.82) is 0 Å². The van der Waals surface area contributed by atoms with Crippen molar-refractivity contribution in [3.05, 3.63) is 76.8 Å². The average molecular weight is 367 g/mol. The lowest BCUT2D eigenvalue weighted by Crippen LogP contribution is -2.25. The molecule has 0 aliphatic carbocycles. The molecule has 0 fully saturated rings. The molecular formula is C21H22FN3S. The van der Waals surface area contributed by atoms with Crippen LogP contribution in [0.3, 0.4) is 0 Å². The molecule has 2 aromatic heterocycles. The van der Waals surface area contributed by atoms with Crippen LogP contribution < -0.4 is 4.90 Å². The van der Waals surface area contributed by atoms with Gasteiger partial charge >= 0.3 is 0 Å². The van der Waals surface area contributed by atoms with Crippen molar-refractivity contribution in [3.63, 3.8) is 0 Å². The fraction of sp³-hybridized carbons (Fsp3) is 0.238. The van der Waals surface area contributed by atoms with E-state index in [0.717, 1.165) is 22.7 Å². The smallest absolute Gasteiger partial charge is 0.236 e. The second-order valence-electron chi connectivity index (χ2n) is 5.55. The molecule has 2 heterocycles. The Kier molecular flexibility index (Phi) is 7.31. The molecule has 2 rings (SSSR count). The minimum Gasteiger partial charge on any atom is -0.368 e. The molecule has 0 spiro atoms. The Labute approximate surface area is 158 Å². The molecule has 0 bridgehead atoms. The summed E-state index contributed by atoms with van der Waals surface area (Å²) in [6.45, 7) is 12.7. The number of hydrogen-bond donors (Lipinski definition) is 0. The topological polar surface area (TPSA) is 29.0 Å². The van der Waals surface area contributed by atoms with Gasteiger partial charge in [-0.2, -0.15) is 4.39 Å². The van der Waals surface area contributed by atoms with Crippen molar-refractivity contribution >= 4 is 17.0 Å². The summed E-state index contributed by atoms with van der Waals surface area (Å²) in [5.41, 5.74) is 2.89. The van der Waals surface area contributed by atoms with Gasteiger partial charge in [0, 0.05) is 30.2 Å². The van der Waals surface area contributed by atoms with Crippen LogP contribution in [-0.2, 0) is 0 Å². The van der Waals surface area contributed by atoms with Gasteiger partial charge in [0.15, 0.2) is 0 Å². The maximum atomic E-state index is 14.3. The zero-order valence-electron chi connectivity index (χ0n) is 15.1. The van der Waals surface area contributed by atoms with Gasteiger partial charge in [-0.3, -0.25) is 0 Å². The standard InChI is InChI=1S/C21H22FN3S/c1-5-8-17(6-2)11-12-25(7-3)20-13-18(14-23-21(20)22)9-10-19-15-26-16(4)24-19/h5-6,8,13-15H,1-2,7,11-12H2,3-4H3/b17-8+. The molecule has 0 saturated heterocycles. The van der Waals surface area contributed by atoms with Crippen molar-refractivity contribution < 1.29 is 4.39 Å². The number of allylic oxidation sites excluding steroid dienone is 3.